The minimum Gasteiger partial charge on any atom is -0.492 e. The van der Waals surface area contributed by atoms with Crippen LogP contribution in [0.3, 0.4) is 0 Å². The molecule has 1 aromatic carbocycles. The van der Waals surface area contributed by atoms with E-state index in [1.54, 1.807) is 0 Å². The van der Waals surface area contributed by atoms with Gasteiger partial charge in [-0.15, -0.1) is 12.3 Å². The smallest absolute Gasteiger partial charge is 0.122 e. The fourth-order valence-corrected chi connectivity index (χ4v) is 1.23. The van der Waals surface area contributed by atoms with Crippen molar-refractivity contribution in [1.29, 1.82) is 0 Å². The Bertz CT molecular complexity index is 314. The SMILES string of the molecule is C#CCCOc1ccccc1CCN. The van der Waals surface area contributed by atoms with Crippen LogP contribution in [-0.4, -0.2) is 13.2 Å². The molecule has 0 saturated carbocycles. The molecule has 14 heavy (non-hydrogen) atoms. The summed E-state index contributed by atoms with van der Waals surface area (Å²) in [6.07, 6.45) is 6.61. The molecule has 1 rings (SSSR count). The molecule has 74 valence electrons. The first-order valence-electron chi connectivity index (χ1n) is 4.72. The second kappa shape index (κ2) is 6.06. The van der Waals surface area contributed by atoms with Gasteiger partial charge in [-0.1, -0.05) is 18.2 Å². The first-order chi connectivity index (χ1) is 6.88. The van der Waals surface area contributed by atoms with Crippen molar-refractivity contribution in [2.45, 2.75) is 12.8 Å². The minimum absolute atomic E-state index is 0.568. The molecule has 0 atom stereocenters. The summed E-state index contributed by atoms with van der Waals surface area (Å²) in [5.41, 5.74) is 6.64. The molecule has 2 nitrogen and oxygen atoms in total. The molecule has 0 spiro atoms. The Balaban J connectivity index is 2.60. The van der Waals surface area contributed by atoms with Gasteiger partial charge in [0.15, 0.2) is 0 Å². The van der Waals surface area contributed by atoms with Crippen LogP contribution in [0.1, 0.15) is 12.0 Å². The number of hydrogen-bond donors (Lipinski definition) is 1. The van der Waals surface area contributed by atoms with Crippen molar-refractivity contribution in [2.24, 2.45) is 5.73 Å². The van der Waals surface area contributed by atoms with Gasteiger partial charge in [0.25, 0.3) is 0 Å². The van der Waals surface area contributed by atoms with E-state index in [9.17, 15) is 0 Å². The fraction of sp³-hybridized carbons (Fsp3) is 0.333. The van der Waals surface area contributed by atoms with E-state index >= 15 is 0 Å². The van der Waals surface area contributed by atoms with Crippen LogP contribution >= 0.6 is 0 Å². The van der Waals surface area contributed by atoms with Crippen molar-refractivity contribution in [1.82, 2.24) is 0 Å². The maximum Gasteiger partial charge on any atom is 0.122 e. The molecule has 0 heterocycles. The van der Waals surface area contributed by atoms with Crippen molar-refractivity contribution in [3.8, 4) is 18.1 Å². The zero-order valence-corrected chi connectivity index (χ0v) is 8.20. The second-order valence-corrected chi connectivity index (χ2v) is 2.95. The molecular weight excluding hydrogens is 174 g/mol. The largest absolute Gasteiger partial charge is 0.492 e. The Morgan fingerprint density at radius 1 is 1.36 bits per heavy atom. The molecule has 0 aliphatic rings. The molecule has 0 unspecified atom stereocenters. The first kappa shape index (κ1) is 10.6. The second-order valence-electron chi connectivity index (χ2n) is 2.95. The zero-order chi connectivity index (χ0) is 10.2. The summed E-state index contributed by atoms with van der Waals surface area (Å²) in [6, 6.07) is 7.91. The molecule has 1 aromatic rings. The third-order valence-electron chi connectivity index (χ3n) is 1.89. The van der Waals surface area contributed by atoms with Crippen LogP contribution in [0.4, 0.5) is 0 Å². The van der Waals surface area contributed by atoms with Crippen LogP contribution in [0.2, 0.25) is 0 Å². The standard InChI is InChI=1S/C12H15NO/c1-2-3-10-14-12-7-5-4-6-11(12)8-9-13/h1,4-7H,3,8-10,13H2. The van der Waals surface area contributed by atoms with Gasteiger partial charge in [0.1, 0.15) is 5.75 Å². The van der Waals surface area contributed by atoms with Gasteiger partial charge in [-0.05, 0) is 24.6 Å². The van der Waals surface area contributed by atoms with Crippen LogP contribution in [0, 0.1) is 12.3 Å². The van der Waals surface area contributed by atoms with Crippen LogP contribution < -0.4 is 10.5 Å². The van der Waals surface area contributed by atoms with E-state index in [4.69, 9.17) is 16.9 Å². The number of para-hydroxylation sites is 1. The highest BCUT2D eigenvalue weighted by molar-refractivity contribution is 5.33. The van der Waals surface area contributed by atoms with Gasteiger partial charge in [-0.2, -0.15) is 0 Å². The topological polar surface area (TPSA) is 35.2 Å². The third-order valence-corrected chi connectivity index (χ3v) is 1.89. The average molecular weight is 189 g/mol. The van der Waals surface area contributed by atoms with Crippen molar-refractivity contribution >= 4 is 0 Å². The minimum atomic E-state index is 0.568. The summed E-state index contributed by atoms with van der Waals surface area (Å²) < 4.78 is 5.53. The van der Waals surface area contributed by atoms with E-state index in [-0.39, 0.29) is 0 Å². The summed E-state index contributed by atoms with van der Waals surface area (Å²) in [4.78, 5) is 0. The summed E-state index contributed by atoms with van der Waals surface area (Å²) in [6.45, 7) is 1.20. The Hall–Kier alpha value is -1.46. The molecule has 0 fully saturated rings. The predicted octanol–water partition coefficient (Wildman–Crippen LogP) is 1.59. The maximum absolute atomic E-state index is 5.53. The molecular formula is C12H15NO. The van der Waals surface area contributed by atoms with E-state index in [0.717, 1.165) is 17.7 Å². The van der Waals surface area contributed by atoms with Crippen LogP contribution in [0.15, 0.2) is 24.3 Å². The highest BCUT2D eigenvalue weighted by Crippen LogP contribution is 2.17. The molecule has 0 bridgehead atoms. The molecule has 0 aromatic heterocycles. The van der Waals surface area contributed by atoms with Gasteiger partial charge >= 0.3 is 0 Å². The van der Waals surface area contributed by atoms with E-state index in [2.05, 4.69) is 5.92 Å². The number of hydrogen-bond acceptors (Lipinski definition) is 2. The number of nitrogens with two attached hydrogens (primary N) is 1. The lowest BCUT2D eigenvalue weighted by molar-refractivity contribution is 0.324. The van der Waals surface area contributed by atoms with Crippen LogP contribution in [-0.2, 0) is 6.42 Å². The lowest BCUT2D eigenvalue weighted by Crippen LogP contribution is -2.05. The summed E-state index contributed by atoms with van der Waals surface area (Å²) in [7, 11) is 0. The van der Waals surface area contributed by atoms with Crippen LogP contribution in [0.5, 0.6) is 5.75 Å². The van der Waals surface area contributed by atoms with Crippen molar-refractivity contribution in [2.75, 3.05) is 13.2 Å². The molecule has 0 aliphatic carbocycles. The molecule has 0 amide bonds. The Morgan fingerprint density at radius 3 is 2.86 bits per heavy atom. The van der Waals surface area contributed by atoms with Crippen molar-refractivity contribution in [3.63, 3.8) is 0 Å². The van der Waals surface area contributed by atoms with Gasteiger partial charge in [-0.25, -0.2) is 0 Å². The fourth-order valence-electron chi connectivity index (χ4n) is 1.23. The Morgan fingerprint density at radius 2 is 2.14 bits per heavy atom. The van der Waals surface area contributed by atoms with Gasteiger partial charge in [0.2, 0.25) is 0 Å². The maximum atomic E-state index is 5.53. The van der Waals surface area contributed by atoms with Gasteiger partial charge in [0.05, 0.1) is 6.61 Å². The quantitative estimate of drug-likeness (QED) is 0.564. The first-order valence-corrected chi connectivity index (χ1v) is 4.72. The molecule has 2 heteroatoms. The summed E-state index contributed by atoms with van der Waals surface area (Å²) in [5.74, 6) is 3.44. The van der Waals surface area contributed by atoms with Gasteiger partial charge < -0.3 is 10.5 Å². The van der Waals surface area contributed by atoms with Crippen molar-refractivity contribution in [3.05, 3.63) is 29.8 Å². The van der Waals surface area contributed by atoms with Crippen LogP contribution in [0.25, 0.3) is 0 Å². The van der Waals surface area contributed by atoms with E-state index < -0.39 is 0 Å². The van der Waals surface area contributed by atoms with Crippen molar-refractivity contribution < 1.29 is 4.74 Å². The third kappa shape index (κ3) is 3.12. The summed E-state index contributed by atoms with van der Waals surface area (Å²) in [5, 5.41) is 0. The lowest BCUT2D eigenvalue weighted by Gasteiger charge is -2.09. The number of terminal acetylenes is 1. The Labute approximate surface area is 85.1 Å². The van der Waals surface area contributed by atoms with E-state index in [1.807, 2.05) is 24.3 Å². The predicted molar refractivity (Wildman–Crippen MR) is 58.1 cm³/mol. The van der Waals surface area contributed by atoms with E-state index in [0.29, 0.717) is 19.6 Å². The Kier molecular flexibility index (Phi) is 4.60. The molecule has 0 radical (unpaired) electrons. The molecule has 0 saturated heterocycles. The number of rotatable bonds is 5. The molecule has 2 N–H and O–H groups in total. The van der Waals surface area contributed by atoms with Gasteiger partial charge in [-0.3, -0.25) is 0 Å². The monoisotopic (exact) mass is 189 g/mol. The number of ether oxygens (including phenoxy) is 1. The van der Waals surface area contributed by atoms with Gasteiger partial charge in [0, 0.05) is 6.42 Å². The average Bonchev–Trinajstić information content (AvgIpc) is 2.21. The molecule has 0 aliphatic heterocycles. The normalized spacial score (nSPS) is 9.43. The highest BCUT2D eigenvalue weighted by atomic mass is 16.5. The number of benzene rings is 1. The zero-order valence-electron chi connectivity index (χ0n) is 8.20. The van der Waals surface area contributed by atoms with E-state index in [1.165, 1.54) is 0 Å². The highest BCUT2D eigenvalue weighted by Gasteiger charge is 2.00. The lowest BCUT2D eigenvalue weighted by atomic mass is 10.1. The summed E-state index contributed by atoms with van der Waals surface area (Å²) >= 11 is 0.